The Morgan fingerprint density at radius 3 is 2.72 bits per heavy atom. The van der Waals surface area contributed by atoms with Gasteiger partial charge < -0.3 is 16.2 Å². The molecule has 1 unspecified atom stereocenters. The van der Waals surface area contributed by atoms with E-state index >= 15 is 0 Å². The summed E-state index contributed by atoms with van der Waals surface area (Å²) in [6, 6.07) is 0. The first-order valence-electron chi connectivity index (χ1n) is 5.98. The Hall–Kier alpha value is -1.76. The Balaban J connectivity index is 2.96. The zero-order chi connectivity index (χ0) is 13.7. The normalized spacial score (nSPS) is 12.4. The van der Waals surface area contributed by atoms with E-state index < -0.39 is 11.2 Å². The molecule has 0 saturated heterocycles. The van der Waals surface area contributed by atoms with Crippen LogP contribution in [0.15, 0.2) is 9.59 Å². The third kappa shape index (κ3) is 3.13. The second-order valence-electron chi connectivity index (χ2n) is 4.26. The Bertz CT molecular complexity index is 506. The van der Waals surface area contributed by atoms with E-state index in [1.165, 1.54) is 4.57 Å². The quantitative estimate of drug-likeness (QED) is 0.551. The van der Waals surface area contributed by atoms with Crippen LogP contribution in [0.4, 0.5) is 11.5 Å². The summed E-state index contributed by atoms with van der Waals surface area (Å²) in [5.41, 5.74) is 4.98. The lowest BCUT2D eigenvalue weighted by molar-refractivity contribution is 0.266. The molecule has 18 heavy (non-hydrogen) atoms. The Kier molecular flexibility index (Phi) is 4.96. The maximum absolute atomic E-state index is 11.6. The maximum Gasteiger partial charge on any atom is 0.330 e. The zero-order valence-electron chi connectivity index (χ0n) is 10.7. The van der Waals surface area contributed by atoms with Crippen LogP contribution in [-0.2, 0) is 6.54 Å². The predicted octanol–water partition coefficient (Wildman–Crippen LogP) is -0.431. The van der Waals surface area contributed by atoms with E-state index in [1.807, 2.05) is 6.92 Å². The standard InChI is InChI=1S/C11H20N4O3/c1-3-15-9(12)8(10(17)14-11(15)18)13-6-7(2)4-5-16/h7,13,16H,3-6,12H2,1-2H3,(H,14,17,18). The summed E-state index contributed by atoms with van der Waals surface area (Å²) >= 11 is 0. The van der Waals surface area contributed by atoms with Crippen molar-refractivity contribution in [1.82, 2.24) is 9.55 Å². The minimum absolute atomic E-state index is 0.100. The fraction of sp³-hybridized carbons (Fsp3) is 0.636. The highest BCUT2D eigenvalue weighted by Crippen LogP contribution is 2.11. The Morgan fingerprint density at radius 2 is 2.17 bits per heavy atom. The average Bonchev–Trinajstić information content (AvgIpc) is 2.29. The van der Waals surface area contributed by atoms with Crippen molar-refractivity contribution in [2.24, 2.45) is 5.92 Å². The van der Waals surface area contributed by atoms with Gasteiger partial charge in [-0.15, -0.1) is 0 Å². The number of aromatic amines is 1. The molecule has 0 spiro atoms. The SMILES string of the molecule is CCn1c(N)c(NCC(C)CCO)c(=O)[nH]c1=O. The summed E-state index contributed by atoms with van der Waals surface area (Å²) < 4.78 is 1.29. The summed E-state index contributed by atoms with van der Waals surface area (Å²) in [5.74, 6) is 0.346. The molecule has 7 heteroatoms. The molecular formula is C11H20N4O3. The van der Waals surface area contributed by atoms with E-state index in [2.05, 4.69) is 10.3 Å². The second kappa shape index (κ2) is 6.25. The topological polar surface area (TPSA) is 113 Å². The van der Waals surface area contributed by atoms with Gasteiger partial charge in [0.25, 0.3) is 5.56 Å². The molecule has 1 rings (SSSR count). The van der Waals surface area contributed by atoms with Gasteiger partial charge in [0.15, 0.2) is 0 Å². The van der Waals surface area contributed by atoms with Crippen LogP contribution in [0.25, 0.3) is 0 Å². The molecular weight excluding hydrogens is 236 g/mol. The molecule has 7 nitrogen and oxygen atoms in total. The number of nitrogen functional groups attached to an aromatic ring is 1. The van der Waals surface area contributed by atoms with Gasteiger partial charge in [-0.3, -0.25) is 14.3 Å². The first-order chi connectivity index (χ1) is 8.51. The van der Waals surface area contributed by atoms with E-state index in [0.29, 0.717) is 19.5 Å². The molecule has 0 aliphatic rings. The number of aliphatic hydroxyl groups is 1. The fourth-order valence-corrected chi connectivity index (χ4v) is 1.67. The summed E-state index contributed by atoms with van der Waals surface area (Å²) in [6.45, 7) is 4.72. The highest BCUT2D eigenvalue weighted by atomic mass is 16.3. The first kappa shape index (κ1) is 14.3. The van der Waals surface area contributed by atoms with Crippen molar-refractivity contribution in [2.75, 3.05) is 24.2 Å². The van der Waals surface area contributed by atoms with Gasteiger partial charge in [0.2, 0.25) is 0 Å². The number of aliphatic hydroxyl groups excluding tert-OH is 1. The van der Waals surface area contributed by atoms with Gasteiger partial charge >= 0.3 is 5.69 Å². The van der Waals surface area contributed by atoms with Crippen molar-refractivity contribution >= 4 is 11.5 Å². The summed E-state index contributed by atoms with van der Waals surface area (Å²) in [4.78, 5) is 25.3. The van der Waals surface area contributed by atoms with Gasteiger partial charge in [-0.05, 0) is 19.3 Å². The molecule has 0 saturated carbocycles. The van der Waals surface area contributed by atoms with Crippen LogP contribution in [0.1, 0.15) is 20.3 Å². The van der Waals surface area contributed by atoms with Gasteiger partial charge in [0.05, 0.1) is 0 Å². The maximum atomic E-state index is 11.6. The van der Waals surface area contributed by atoms with Crippen LogP contribution < -0.4 is 22.3 Å². The Morgan fingerprint density at radius 1 is 1.50 bits per heavy atom. The highest BCUT2D eigenvalue weighted by molar-refractivity contribution is 5.60. The number of nitrogens with one attached hydrogen (secondary N) is 2. The summed E-state index contributed by atoms with van der Waals surface area (Å²) in [7, 11) is 0. The number of nitrogens with zero attached hydrogens (tertiary/aromatic N) is 1. The predicted molar refractivity (Wildman–Crippen MR) is 70.8 cm³/mol. The zero-order valence-corrected chi connectivity index (χ0v) is 10.7. The Labute approximate surface area is 105 Å². The smallest absolute Gasteiger partial charge is 0.330 e. The third-order valence-electron chi connectivity index (χ3n) is 2.81. The minimum Gasteiger partial charge on any atom is -0.396 e. The largest absolute Gasteiger partial charge is 0.396 e. The molecule has 0 radical (unpaired) electrons. The van der Waals surface area contributed by atoms with Gasteiger partial charge in [-0.1, -0.05) is 6.92 Å². The van der Waals surface area contributed by atoms with Gasteiger partial charge in [-0.2, -0.15) is 0 Å². The second-order valence-corrected chi connectivity index (χ2v) is 4.26. The van der Waals surface area contributed by atoms with Crippen molar-refractivity contribution in [1.29, 1.82) is 0 Å². The first-order valence-corrected chi connectivity index (χ1v) is 5.98. The minimum atomic E-state index is -0.515. The highest BCUT2D eigenvalue weighted by Gasteiger charge is 2.11. The lowest BCUT2D eigenvalue weighted by Crippen LogP contribution is -2.34. The van der Waals surface area contributed by atoms with Crippen LogP contribution in [0.2, 0.25) is 0 Å². The fourth-order valence-electron chi connectivity index (χ4n) is 1.67. The molecule has 5 N–H and O–H groups in total. The van der Waals surface area contributed by atoms with Crippen molar-refractivity contribution in [3.63, 3.8) is 0 Å². The van der Waals surface area contributed by atoms with E-state index in [9.17, 15) is 9.59 Å². The number of nitrogens with two attached hydrogens (primary N) is 1. The molecule has 0 aliphatic heterocycles. The number of hydrogen-bond acceptors (Lipinski definition) is 5. The van der Waals surface area contributed by atoms with Crippen LogP contribution in [0.5, 0.6) is 0 Å². The summed E-state index contributed by atoms with van der Waals surface area (Å²) in [5, 5.41) is 11.7. The molecule has 0 bridgehead atoms. The number of hydrogen-bond donors (Lipinski definition) is 4. The van der Waals surface area contributed by atoms with Crippen LogP contribution in [0.3, 0.4) is 0 Å². The van der Waals surface area contributed by atoms with E-state index in [-0.39, 0.29) is 24.0 Å². The van der Waals surface area contributed by atoms with Gasteiger partial charge in [0.1, 0.15) is 11.5 Å². The molecule has 0 fully saturated rings. The molecule has 0 amide bonds. The van der Waals surface area contributed by atoms with Crippen molar-refractivity contribution in [3.05, 3.63) is 20.8 Å². The van der Waals surface area contributed by atoms with E-state index in [1.54, 1.807) is 6.92 Å². The monoisotopic (exact) mass is 256 g/mol. The molecule has 102 valence electrons. The summed E-state index contributed by atoms with van der Waals surface area (Å²) in [6.07, 6.45) is 0.637. The van der Waals surface area contributed by atoms with E-state index in [0.717, 1.165) is 0 Å². The van der Waals surface area contributed by atoms with Crippen molar-refractivity contribution in [2.45, 2.75) is 26.8 Å². The number of aromatic nitrogens is 2. The molecule has 0 aromatic carbocycles. The molecule has 1 heterocycles. The van der Waals surface area contributed by atoms with Crippen LogP contribution >= 0.6 is 0 Å². The van der Waals surface area contributed by atoms with Crippen molar-refractivity contribution < 1.29 is 5.11 Å². The van der Waals surface area contributed by atoms with Gasteiger partial charge in [0, 0.05) is 19.7 Å². The molecule has 0 aliphatic carbocycles. The lowest BCUT2D eigenvalue weighted by Gasteiger charge is -2.15. The average molecular weight is 256 g/mol. The van der Waals surface area contributed by atoms with Crippen molar-refractivity contribution in [3.8, 4) is 0 Å². The van der Waals surface area contributed by atoms with E-state index in [4.69, 9.17) is 10.8 Å². The number of anilines is 2. The molecule has 1 aromatic rings. The lowest BCUT2D eigenvalue weighted by atomic mass is 10.1. The molecule has 1 aromatic heterocycles. The third-order valence-corrected chi connectivity index (χ3v) is 2.81. The molecule has 1 atom stereocenters. The number of H-pyrrole nitrogens is 1. The number of rotatable bonds is 6. The van der Waals surface area contributed by atoms with Gasteiger partial charge in [-0.25, -0.2) is 4.79 Å². The van der Waals surface area contributed by atoms with Crippen LogP contribution in [0, 0.1) is 5.92 Å². The van der Waals surface area contributed by atoms with Crippen LogP contribution in [-0.4, -0.2) is 27.8 Å².